The molecule has 0 unspecified atom stereocenters. The molecular formula is C27H27ClN4O3. The molecule has 0 N–H and O–H groups in total. The fourth-order valence-electron chi connectivity index (χ4n) is 3.58. The van der Waals surface area contributed by atoms with Crippen LogP contribution in [0.2, 0.25) is 5.02 Å². The van der Waals surface area contributed by atoms with Crippen molar-refractivity contribution < 1.29 is 9.47 Å². The first-order valence-electron chi connectivity index (χ1n) is 11.2. The lowest BCUT2D eigenvalue weighted by Crippen LogP contribution is -2.23. The first-order valence-corrected chi connectivity index (χ1v) is 11.5. The molecule has 2 aromatic heterocycles. The zero-order valence-electron chi connectivity index (χ0n) is 20.4. The molecule has 0 aliphatic heterocycles. The van der Waals surface area contributed by atoms with E-state index < -0.39 is 5.56 Å². The molecule has 7 nitrogen and oxygen atoms in total. The van der Waals surface area contributed by atoms with Gasteiger partial charge < -0.3 is 9.47 Å². The standard InChI is InChI=1S/C27H27ClN4O3/c1-17-30-24(35-16-18-8-6-11-21(14-18)34-5)23(28)25(33)32(17)20-10-7-9-19(15-20)22-12-13-29-26(31-22)27(2,3)4/h6-15H,16H2,1-5H3. The van der Waals surface area contributed by atoms with Crippen molar-refractivity contribution in [1.29, 1.82) is 0 Å². The van der Waals surface area contributed by atoms with Crippen molar-refractivity contribution in [2.75, 3.05) is 7.11 Å². The van der Waals surface area contributed by atoms with Gasteiger partial charge in [-0.3, -0.25) is 9.36 Å². The zero-order chi connectivity index (χ0) is 25.2. The highest BCUT2D eigenvalue weighted by molar-refractivity contribution is 6.31. The third-order valence-electron chi connectivity index (χ3n) is 5.40. The van der Waals surface area contributed by atoms with Gasteiger partial charge in [0.1, 0.15) is 24.0 Å². The van der Waals surface area contributed by atoms with Gasteiger partial charge in [0, 0.05) is 17.2 Å². The summed E-state index contributed by atoms with van der Waals surface area (Å²) < 4.78 is 12.5. The van der Waals surface area contributed by atoms with Gasteiger partial charge >= 0.3 is 0 Å². The highest BCUT2D eigenvalue weighted by Crippen LogP contribution is 2.26. The Morgan fingerprint density at radius 1 is 1.03 bits per heavy atom. The Morgan fingerprint density at radius 3 is 2.54 bits per heavy atom. The van der Waals surface area contributed by atoms with Crippen LogP contribution in [0.1, 0.15) is 38.0 Å². The smallest absolute Gasteiger partial charge is 0.280 e. The number of rotatable bonds is 6. The third-order valence-corrected chi connectivity index (χ3v) is 5.73. The number of aryl methyl sites for hydroxylation is 1. The van der Waals surface area contributed by atoms with E-state index in [4.69, 9.17) is 26.1 Å². The molecule has 8 heteroatoms. The van der Waals surface area contributed by atoms with Crippen molar-refractivity contribution >= 4 is 11.6 Å². The van der Waals surface area contributed by atoms with E-state index in [1.165, 1.54) is 4.57 Å². The number of aromatic nitrogens is 4. The van der Waals surface area contributed by atoms with Crippen LogP contribution in [0.3, 0.4) is 0 Å². The van der Waals surface area contributed by atoms with E-state index >= 15 is 0 Å². The Balaban J connectivity index is 1.66. The molecule has 0 saturated carbocycles. The van der Waals surface area contributed by atoms with Gasteiger partial charge in [0.15, 0.2) is 5.02 Å². The molecule has 0 fully saturated rings. The van der Waals surface area contributed by atoms with E-state index in [1.807, 2.05) is 54.6 Å². The van der Waals surface area contributed by atoms with Crippen LogP contribution in [0, 0.1) is 6.92 Å². The van der Waals surface area contributed by atoms with Crippen LogP contribution in [0.15, 0.2) is 65.6 Å². The maximum atomic E-state index is 13.2. The van der Waals surface area contributed by atoms with E-state index in [0.717, 1.165) is 28.4 Å². The highest BCUT2D eigenvalue weighted by Gasteiger charge is 2.19. The summed E-state index contributed by atoms with van der Waals surface area (Å²) in [6.07, 6.45) is 1.75. The van der Waals surface area contributed by atoms with Crippen LogP contribution >= 0.6 is 11.6 Å². The second-order valence-electron chi connectivity index (χ2n) is 9.12. The molecule has 2 aromatic carbocycles. The number of ether oxygens (including phenoxy) is 2. The lowest BCUT2D eigenvalue weighted by atomic mass is 9.95. The summed E-state index contributed by atoms with van der Waals surface area (Å²) in [7, 11) is 1.60. The van der Waals surface area contributed by atoms with Crippen LogP contribution in [0.4, 0.5) is 0 Å². The second kappa shape index (κ2) is 9.88. The molecule has 0 amide bonds. The van der Waals surface area contributed by atoms with Crippen molar-refractivity contribution in [2.24, 2.45) is 0 Å². The molecule has 180 valence electrons. The summed E-state index contributed by atoms with van der Waals surface area (Å²) in [4.78, 5) is 26.8. The van der Waals surface area contributed by atoms with Crippen LogP contribution < -0.4 is 15.0 Å². The van der Waals surface area contributed by atoms with Gasteiger partial charge in [-0.15, -0.1) is 0 Å². The summed E-state index contributed by atoms with van der Waals surface area (Å²) >= 11 is 6.41. The van der Waals surface area contributed by atoms with Gasteiger partial charge in [-0.05, 0) is 42.8 Å². The lowest BCUT2D eigenvalue weighted by molar-refractivity contribution is 0.291. The van der Waals surface area contributed by atoms with E-state index in [1.54, 1.807) is 20.2 Å². The van der Waals surface area contributed by atoms with Gasteiger partial charge in [0.25, 0.3) is 5.56 Å². The van der Waals surface area contributed by atoms with Gasteiger partial charge in [0.05, 0.1) is 18.5 Å². The minimum Gasteiger partial charge on any atom is -0.497 e. The number of methoxy groups -OCH3 is 1. The summed E-state index contributed by atoms with van der Waals surface area (Å²) in [5.74, 6) is 2.01. The maximum Gasteiger partial charge on any atom is 0.280 e. The molecular weight excluding hydrogens is 464 g/mol. The lowest BCUT2D eigenvalue weighted by Gasteiger charge is -2.17. The van der Waals surface area contributed by atoms with Crippen LogP contribution in [0.25, 0.3) is 16.9 Å². The summed E-state index contributed by atoms with van der Waals surface area (Å²) in [5, 5.41) is -0.0824. The minimum atomic E-state index is -0.407. The van der Waals surface area contributed by atoms with Gasteiger partial charge in [-0.2, -0.15) is 4.98 Å². The predicted molar refractivity (Wildman–Crippen MR) is 137 cm³/mol. The van der Waals surface area contributed by atoms with Crippen molar-refractivity contribution in [1.82, 2.24) is 19.5 Å². The predicted octanol–water partition coefficient (Wildman–Crippen LogP) is 5.54. The van der Waals surface area contributed by atoms with E-state index in [2.05, 4.69) is 30.7 Å². The Labute approximate surface area is 209 Å². The Hall–Kier alpha value is -3.71. The highest BCUT2D eigenvalue weighted by atomic mass is 35.5. The quantitative estimate of drug-likeness (QED) is 0.353. The number of nitrogens with zero attached hydrogens (tertiary/aromatic N) is 4. The number of halogens is 1. The van der Waals surface area contributed by atoms with Crippen molar-refractivity contribution in [3.8, 4) is 28.6 Å². The van der Waals surface area contributed by atoms with Gasteiger partial charge in [0.2, 0.25) is 5.88 Å². The molecule has 0 bridgehead atoms. The van der Waals surface area contributed by atoms with E-state index in [0.29, 0.717) is 11.5 Å². The van der Waals surface area contributed by atoms with E-state index in [9.17, 15) is 4.79 Å². The average molecular weight is 491 g/mol. The summed E-state index contributed by atoms with van der Waals surface area (Å²) in [6.45, 7) is 8.14. The van der Waals surface area contributed by atoms with Crippen molar-refractivity contribution in [2.45, 2.75) is 39.7 Å². The molecule has 0 aliphatic rings. The molecule has 4 rings (SSSR count). The third kappa shape index (κ3) is 5.35. The normalized spacial score (nSPS) is 11.4. The fourth-order valence-corrected chi connectivity index (χ4v) is 3.76. The topological polar surface area (TPSA) is 79.1 Å². The molecule has 4 aromatic rings. The summed E-state index contributed by atoms with van der Waals surface area (Å²) in [6, 6.07) is 16.8. The molecule has 2 heterocycles. The zero-order valence-corrected chi connectivity index (χ0v) is 21.1. The number of benzene rings is 2. The molecule has 0 saturated heterocycles. The molecule has 0 atom stereocenters. The Kier molecular flexibility index (Phi) is 6.89. The first kappa shape index (κ1) is 24.4. The average Bonchev–Trinajstić information content (AvgIpc) is 2.85. The van der Waals surface area contributed by atoms with Crippen LogP contribution in [-0.4, -0.2) is 26.6 Å². The molecule has 35 heavy (non-hydrogen) atoms. The van der Waals surface area contributed by atoms with Crippen LogP contribution in [-0.2, 0) is 12.0 Å². The fraction of sp³-hybridized carbons (Fsp3) is 0.259. The van der Waals surface area contributed by atoms with E-state index in [-0.39, 0.29) is 22.9 Å². The Bertz CT molecular complexity index is 1430. The maximum absolute atomic E-state index is 13.2. The second-order valence-corrected chi connectivity index (χ2v) is 9.50. The minimum absolute atomic E-state index is 0.0824. The molecule has 0 aliphatic carbocycles. The van der Waals surface area contributed by atoms with Crippen LogP contribution in [0.5, 0.6) is 11.6 Å². The number of hydrogen-bond donors (Lipinski definition) is 0. The summed E-state index contributed by atoms with van der Waals surface area (Å²) in [5.41, 5.74) is 2.55. The monoisotopic (exact) mass is 490 g/mol. The van der Waals surface area contributed by atoms with Crippen molar-refractivity contribution in [3.63, 3.8) is 0 Å². The van der Waals surface area contributed by atoms with Gasteiger partial charge in [-0.25, -0.2) is 9.97 Å². The van der Waals surface area contributed by atoms with Crippen molar-refractivity contribution in [3.05, 3.63) is 93.4 Å². The Morgan fingerprint density at radius 2 is 1.80 bits per heavy atom. The van der Waals surface area contributed by atoms with Gasteiger partial charge in [-0.1, -0.05) is 56.6 Å². The SMILES string of the molecule is COc1cccc(COc2nc(C)n(-c3cccc(-c4ccnc(C(C)(C)C)n4)c3)c(=O)c2Cl)c1. The largest absolute Gasteiger partial charge is 0.497 e. The number of hydrogen-bond acceptors (Lipinski definition) is 6. The molecule has 0 spiro atoms. The first-order chi connectivity index (χ1) is 16.7. The molecule has 0 radical (unpaired) electrons.